The van der Waals surface area contributed by atoms with Crippen LogP contribution in [0.1, 0.15) is 11.1 Å². The number of rotatable bonds is 3. The summed E-state index contributed by atoms with van der Waals surface area (Å²) >= 11 is 0. The Kier molecular flexibility index (Phi) is 5.05. The van der Waals surface area contributed by atoms with E-state index in [2.05, 4.69) is 89.8 Å². The van der Waals surface area contributed by atoms with E-state index in [0.717, 1.165) is 55.6 Å². The van der Waals surface area contributed by atoms with Crippen LogP contribution in [0.15, 0.2) is 146 Å². The normalized spacial score (nSPS) is 13.9. The first-order valence-electron chi connectivity index (χ1n) is 14.4. The van der Waals surface area contributed by atoms with Gasteiger partial charge in [-0.25, -0.2) is 4.98 Å². The van der Waals surface area contributed by atoms with Gasteiger partial charge in [0.05, 0.1) is 5.69 Å². The van der Waals surface area contributed by atoms with Crippen molar-refractivity contribution in [2.75, 3.05) is 4.90 Å². The van der Waals surface area contributed by atoms with E-state index in [1.807, 2.05) is 60.7 Å². The van der Waals surface area contributed by atoms with Crippen molar-refractivity contribution in [1.29, 1.82) is 0 Å². The van der Waals surface area contributed by atoms with E-state index in [1.165, 1.54) is 0 Å². The van der Waals surface area contributed by atoms with E-state index in [4.69, 9.17) is 19.7 Å². The second-order valence-corrected chi connectivity index (χ2v) is 10.8. The van der Waals surface area contributed by atoms with Gasteiger partial charge in [0.1, 0.15) is 5.75 Å². The third-order valence-corrected chi connectivity index (χ3v) is 8.42. The molecule has 5 heteroatoms. The average Bonchev–Trinajstić information content (AvgIpc) is 3.35. The molecule has 0 radical (unpaired) electrons. The molecule has 1 spiro atoms. The fourth-order valence-electron chi connectivity index (χ4n) is 6.60. The van der Waals surface area contributed by atoms with Crippen LogP contribution in [0.3, 0.4) is 0 Å². The van der Waals surface area contributed by atoms with Crippen LogP contribution in [0.25, 0.3) is 44.7 Å². The van der Waals surface area contributed by atoms with Crippen molar-refractivity contribution in [2.24, 2.45) is 0 Å². The fourth-order valence-corrected chi connectivity index (χ4v) is 6.60. The van der Waals surface area contributed by atoms with Gasteiger partial charge < -0.3 is 4.74 Å². The maximum atomic E-state index is 7.29. The van der Waals surface area contributed by atoms with E-state index < -0.39 is 5.72 Å². The summed E-state index contributed by atoms with van der Waals surface area (Å²) in [7, 11) is 0. The third-order valence-electron chi connectivity index (χ3n) is 8.42. The Morgan fingerprint density at radius 2 is 1.02 bits per heavy atom. The molecule has 1 aromatic heterocycles. The fraction of sp³-hybridized carbons (Fsp3) is 0.0263. The van der Waals surface area contributed by atoms with Gasteiger partial charge >= 0.3 is 0 Å². The van der Waals surface area contributed by atoms with Crippen LogP contribution in [0.2, 0.25) is 0 Å². The maximum Gasteiger partial charge on any atom is 0.243 e. The SMILES string of the molecule is c1ccc(-c2nc(-c3ccccc3)nc(N3c4cccc5cccc(c45)OC34c3ccccc3-c3ccccc34)n2)cc1. The van der Waals surface area contributed by atoms with Crippen molar-refractivity contribution in [1.82, 2.24) is 15.0 Å². The third kappa shape index (κ3) is 3.42. The van der Waals surface area contributed by atoms with Gasteiger partial charge in [-0.3, -0.25) is 4.90 Å². The second-order valence-electron chi connectivity index (χ2n) is 10.8. The van der Waals surface area contributed by atoms with Gasteiger partial charge in [0.2, 0.25) is 11.7 Å². The van der Waals surface area contributed by atoms with Crippen LogP contribution >= 0.6 is 0 Å². The molecule has 1 aliphatic heterocycles. The summed E-state index contributed by atoms with van der Waals surface area (Å²) in [6.07, 6.45) is 0. The molecule has 43 heavy (non-hydrogen) atoms. The Morgan fingerprint density at radius 3 is 1.63 bits per heavy atom. The van der Waals surface area contributed by atoms with Crippen molar-refractivity contribution >= 4 is 22.4 Å². The number of fused-ring (bicyclic) bond motifs is 5. The zero-order valence-corrected chi connectivity index (χ0v) is 23.1. The van der Waals surface area contributed by atoms with Gasteiger partial charge in [-0.15, -0.1) is 0 Å². The van der Waals surface area contributed by atoms with Crippen molar-refractivity contribution in [3.05, 3.63) is 157 Å². The molecule has 6 aromatic carbocycles. The molecule has 2 aliphatic rings. The van der Waals surface area contributed by atoms with Crippen LogP contribution < -0.4 is 9.64 Å². The number of ether oxygens (including phenoxy) is 1. The standard InChI is InChI=1S/C38H24N4O/c1-3-13-26(14-4-1)35-39-36(27-15-5-2-6-16-27)41-37(40-35)42-32-23-11-17-25-18-12-24-33(34(25)32)43-38(42)30-21-9-7-19-28(30)29-20-8-10-22-31(29)38/h1-24H. The molecule has 7 aromatic rings. The quantitative estimate of drug-likeness (QED) is 0.219. The van der Waals surface area contributed by atoms with Crippen molar-refractivity contribution in [3.63, 3.8) is 0 Å². The number of anilines is 2. The second kappa shape index (κ2) is 9.10. The molecule has 0 bridgehead atoms. The van der Waals surface area contributed by atoms with E-state index in [1.54, 1.807) is 0 Å². The molecule has 9 rings (SSSR count). The molecule has 0 saturated carbocycles. The predicted molar refractivity (Wildman–Crippen MR) is 170 cm³/mol. The number of benzene rings is 6. The van der Waals surface area contributed by atoms with Crippen LogP contribution in [-0.4, -0.2) is 15.0 Å². The van der Waals surface area contributed by atoms with Crippen molar-refractivity contribution < 1.29 is 4.74 Å². The van der Waals surface area contributed by atoms with E-state index >= 15 is 0 Å². The summed E-state index contributed by atoms with van der Waals surface area (Å²) in [5, 5.41) is 2.12. The summed E-state index contributed by atoms with van der Waals surface area (Å²) in [4.78, 5) is 17.6. The highest BCUT2D eigenvalue weighted by molar-refractivity contribution is 6.03. The van der Waals surface area contributed by atoms with Gasteiger partial charge in [0, 0.05) is 27.6 Å². The lowest BCUT2D eigenvalue weighted by Crippen LogP contribution is -2.50. The van der Waals surface area contributed by atoms with Crippen molar-refractivity contribution in [3.8, 4) is 39.7 Å². The highest BCUT2D eigenvalue weighted by atomic mass is 16.5. The van der Waals surface area contributed by atoms with Crippen LogP contribution in [0.4, 0.5) is 11.6 Å². The van der Waals surface area contributed by atoms with Gasteiger partial charge in [-0.05, 0) is 28.6 Å². The lowest BCUT2D eigenvalue weighted by atomic mass is 9.93. The van der Waals surface area contributed by atoms with Gasteiger partial charge in [0.25, 0.3) is 0 Å². The summed E-state index contributed by atoms with van der Waals surface area (Å²) in [6.45, 7) is 0. The van der Waals surface area contributed by atoms with Gasteiger partial charge in [-0.1, -0.05) is 133 Å². The Morgan fingerprint density at radius 1 is 0.488 bits per heavy atom. The van der Waals surface area contributed by atoms with Crippen LogP contribution in [0, 0.1) is 0 Å². The zero-order valence-electron chi connectivity index (χ0n) is 23.1. The lowest BCUT2D eigenvalue weighted by molar-refractivity contribution is 0.118. The molecule has 202 valence electrons. The van der Waals surface area contributed by atoms with Gasteiger partial charge in [0.15, 0.2) is 11.6 Å². The summed E-state index contributed by atoms with van der Waals surface area (Å²) < 4.78 is 7.29. The predicted octanol–water partition coefficient (Wildman–Crippen LogP) is 8.77. The zero-order chi connectivity index (χ0) is 28.4. The average molecular weight is 553 g/mol. The molecule has 2 heterocycles. The van der Waals surface area contributed by atoms with Crippen LogP contribution in [-0.2, 0) is 5.72 Å². The minimum absolute atomic E-state index is 0.515. The first kappa shape index (κ1) is 23.9. The molecule has 1 aliphatic carbocycles. The molecular weight excluding hydrogens is 528 g/mol. The topological polar surface area (TPSA) is 51.1 Å². The Labute approximate surface area is 248 Å². The molecule has 0 saturated heterocycles. The number of hydrogen-bond donors (Lipinski definition) is 0. The highest BCUT2D eigenvalue weighted by Gasteiger charge is 2.54. The lowest BCUT2D eigenvalue weighted by Gasteiger charge is -2.46. The summed E-state index contributed by atoms with van der Waals surface area (Å²) in [5.41, 5.74) is 6.14. The Bertz CT molecular complexity index is 2070. The van der Waals surface area contributed by atoms with Crippen molar-refractivity contribution in [2.45, 2.75) is 5.72 Å². The van der Waals surface area contributed by atoms with E-state index in [-0.39, 0.29) is 0 Å². The highest BCUT2D eigenvalue weighted by Crippen LogP contribution is 2.58. The monoisotopic (exact) mass is 552 g/mol. The molecular formula is C38H24N4O. The van der Waals surface area contributed by atoms with Crippen LogP contribution in [0.5, 0.6) is 5.75 Å². The first-order valence-corrected chi connectivity index (χ1v) is 14.4. The molecule has 0 amide bonds. The van der Waals surface area contributed by atoms with E-state index in [9.17, 15) is 0 Å². The molecule has 5 nitrogen and oxygen atoms in total. The summed E-state index contributed by atoms with van der Waals surface area (Å²) in [5.74, 6) is 2.55. The molecule has 0 N–H and O–H groups in total. The molecule has 0 atom stereocenters. The minimum atomic E-state index is -1.04. The Balaban J connectivity index is 1.41. The van der Waals surface area contributed by atoms with Gasteiger partial charge in [-0.2, -0.15) is 9.97 Å². The molecule has 0 fully saturated rings. The maximum absolute atomic E-state index is 7.29. The largest absolute Gasteiger partial charge is 0.458 e. The first-order chi connectivity index (χ1) is 21.3. The van der Waals surface area contributed by atoms with E-state index in [0.29, 0.717) is 17.6 Å². The number of nitrogens with zero attached hydrogens (tertiary/aromatic N) is 4. The molecule has 0 unspecified atom stereocenters. The minimum Gasteiger partial charge on any atom is -0.458 e. The Hall–Kier alpha value is -5.81. The summed E-state index contributed by atoms with van der Waals surface area (Å²) in [6, 6.07) is 49.8. The number of aromatic nitrogens is 3. The smallest absolute Gasteiger partial charge is 0.243 e. The number of hydrogen-bond acceptors (Lipinski definition) is 5.